The van der Waals surface area contributed by atoms with Crippen molar-refractivity contribution in [1.29, 1.82) is 0 Å². The molecule has 0 bridgehead atoms. The highest BCUT2D eigenvalue weighted by Crippen LogP contribution is 2.27. The maximum absolute atomic E-state index is 12.3. The average molecular weight is 356 g/mol. The van der Waals surface area contributed by atoms with E-state index in [4.69, 9.17) is 4.74 Å². The molecule has 2 heterocycles. The Morgan fingerprint density at radius 3 is 2.92 bits per heavy atom. The van der Waals surface area contributed by atoms with E-state index < -0.39 is 5.92 Å². The number of hydrogen-bond donors (Lipinski definition) is 1. The lowest BCUT2D eigenvalue weighted by atomic mass is 10.1. The Kier molecular flexibility index (Phi) is 5.31. The lowest BCUT2D eigenvalue weighted by Gasteiger charge is -2.17. The van der Waals surface area contributed by atoms with Gasteiger partial charge in [-0.2, -0.15) is 5.10 Å². The zero-order valence-electron chi connectivity index (χ0n) is 14.4. The summed E-state index contributed by atoms with van der Waals surface area (Å²) in [7, 11) is 1.56. The van der Waals surface area contributed by atoms with Crippen LogP contribution in [0.15, 0.2) is 47.4 Å². The first kappa shape index (κ1) is 17.7. The minimum atomic E-state index is -0.422. The van der Waals surface area contributed by atoms with Gasteiger partial charge in [-0.15, -0.1) is 0 Å². The summed E-state index contributed by atoms with van der Waals surface area (Å²) < 4.78 is 6.46. The molecule has 1 aliphatic rings. The van der Waals surface area contributed by atoms with E-state index in [0.29, 0.717) is 18.0 Å². The molecule has 0 radical (unpaired) electrons. The van der Waals surface area contributed by atoms with Crippen molar-refractivity contribution in [3.8, 4) is 5.75 Å². The van der Waals surface area contributed by atoms with Crippen molar-refractivity contribution in [2.24, 2.45) is 5.92 Å². The molecule has 1 N–H and O–H groups in total. The number of benzene rings is 1. The molecule has 2 aromatic rings. The molecule has 1 aromatic carbocycles. The number of ether oxygens (including phenoxy) is 1. The molecule has 1 saturated heterocycles. The first-order valence-corrected chi connectivity index (χ1v) is 8.33. The quantitative estimate of drug-likeness (QED) is 0.810. The number of hydrogen-bond acceptors (Lipinski definition) is 5. The summed E-state index contributed by atoms with van der Waals surface area (Å²) >= 11 is 0. The van der Waals surface area contributed by atoms with Crippen LogP contribution in [0.5, 0.6) is 5.75 Å². The number of carbonyl (C=O) groups excluding carboxylic acids is 2. The van der Waals surface area contributed by atoms with Crippen molar-refractivity contribution in [3.05, 3.63) is 52.9 Å². The lowest BCUT2D eigenvalue weighted by Crippen LogP contribution is -2.36. The van der Waals surface area contributed by atoms with Crippen LogP contribution in [0.2, 0.25) is 0 Å². The Morgan fingerprint density at radius 2 is 2.15 bits per heavy atom. The largest absolute Gasteiger partial charge is 0.497 e. The number of aromatic nitrogens is 2. The number of methoxy groups -OCH3 is 1. The van der Waals surface area contributed by atoms with Crippen LogP contribution in [0.4, 0.5) is 5.69 Å². The SMILES string of the molecule is COc1cccc(N2C[C@@H](C(=O)NCCn3ncccc3=O)CC2=O)c1. The van der Waals surface area contributed by atoms with Gasteiger partial charge in [-0.25, -0.2) is 4.68 Å². The highest BCUT2D eigenvalue weighted by molar-refractivity contribution is 6.00. The van der Waals surface area contributed by atoms with E-state index in [1.807, 2.05) is 6.07 Å². The second-order valence-electron chi connectivity index (χ2n) is 5.98. The van der Waals surface area contributed by atoms with E-state index >= 15 is 0 Å². The monoisotopic (exact) mass is 356 g/mol. The molecule has 1 atom stereocenters. The van der Waals surface area contributed by atoms with Gasteiger partial charge in [-0.3, -0.25) is 14.4 Å². The second-order valence-corrected chi connectivity index (χ2v) is 5.98. The van der Waals surface area contributed by atoms with Crippen LogP contribution < -0.4 is 20.5 Å². The smallest absolute Gasteiger partial charge is 0.266 e. The molecule has 8 heteroatoms. The third-order valence-corrected chi connectivity index (χ3v) is 4.27. The van der Waals surface area contributed by atoms with Gasteiger partial charge >= 0.3 is 0 Å². The zero-order valence-corrected chi connectivity index (χ0v) is 14.4. The highest BCUT2D eigenvalue weighted by atomic mass is 16.5. The van der Waals surface area contributed by atoms with Gasteiger partial charge in [-0.05, 0) is 18.2 Å². The predicted molar refractivity (Wildman–Crippen MR) is 95.0 cm³/mol. The van der Waals surface area contributed by atoms with Crippen molar-refractivity contribution < 1.29 is 14.3 Å². The summed E-state index contributed by atoms with van der Waals surface area (Å²) in [5.74, 6) is -0.0646. The number of amides is 2. The van der Waals surface area contributed by atoms with E-state index in [0.717, 1.165) is 0 Å². The summed E-state index contributed by atoms with van der Waals surface area (Å²) in [5.41, 5.74) is 0.492. The van der Waals surface area contributed by atoms with Gasteiger partial charge < -0.3 is 15.0 Å². The number of carbonyl (C=O) groups is 2. The van der Waals surface area contributed by atoms with Gasteiger partial charge in [0.25, 0.3) is 5.56 Å². The Morgan fingerprint density at radius 1 is 1.31 bits per heavy atom. The Bertz CT molecular complexity index is 864. The third kappa shape index (κ3) is 3.90. The molecule has 0 spiro atoms. The molecular weight excluding hydrogens is 336 g/mol. The number of rotatable bonds is 6. The van der Waals surface area contributed by atoms with Crippen LogP contribution >= 0.6 is 0 Å². The summed E-state index contributed by atoms with van der Waals surface area (Å²) in [4.78, 5) is 37.8. The van der Waals surface area contributed by atoms with Crippen molar-refractivity contribution >= 4 is 17.5 Å². The minimum absolute atomic E-state index is 0.0978. The molecule has 1 fully saturated rings. The lowest BCUT2D eigenvalue weighted by molar-refractivity contribution is -0.126. The van der Waals surface area contributed by atoms with Crippen LogP contribution in [0.1, 0.15) is 6.42 Å². The molecule has 136 valence electrons. The molecule has 8 nitrogen and oxygen atoms in total. The molecule has 1 aromatic heterocycles. The number of anilines is 1. The van der Waals surface area contributed by atoms with Crippen molar-refractivity contribution in [3.63, 3.8) is 0 Å². The van der Waals surface area contributed by atoms with E-state index in [9.17, 15) is 14.4 Å². The van der Waals surface area contributed by atoms with Crippen LogP contribution in [0, 0.1) is 5.92 Å². The molecule has 2 amide bonds. The van der Waals surface area contributed by atoms with Gasteiger partial charge in [0.15, 0.2) is 0 Å². The minimum Gasteiger partial charge on any atom is -0.497 e. The Labute approximate surface area is 150 Å². The average Bonchev–Trinajstić information content (AvgIpc) is 3.05. The number of nitrogens with zero attached hydrogens (tertiary/aromatic N) is 3. The van der Waals surface area contributed by atoms with E-state index in [2.05, 4.69) is 10.4 Å². The van der Waals surface area contributed by atoms with Gasteiger partial charge in [0.2, 0.25) is 11.8 Å². The Hall–Kier alpha value is -3.16. The van der Waals surface area contributed by atoms with Crippen LogP contribution in [-0.2, 0) is 16.1 Å². The zero-order chi connectivity index (χ0) is 18.5. The maximum atomic E-state index is 12.3. The van der Waals surface area contributed by atoms with Gasteiger partial charge in [-0.1, -0.05) is 6.07 Å². The van der Waals surface area contributed by atoms with Gasteiger partial charge in [0.1, 0.15) is 5.75 Å². The summed E-state index contributed by atoms with van der Waals surface area (Å²) in [5, 5.41) is 6.70. The molecule has 0 saturated carbocycles. The Balaban J connectivity index is 1.57. The topological polar surface area (TPSA) is 93.5 Å². The maximum Gasteiger partial charge on any atom is 0.266 e. The normalized spacial score (nSPS) is 16.6. The number of nitrogens with one attached hydrogen (secondary N) is 1. The molecular formula is C18H20N4O4. The third-order valence-electron chi connectivity index (χ3n) is 4.27. The predicted octanol–water partition coefficient (Wildman–Crippen LogP) is 0.421. The van der Waals surface area contributed by atoms with Crippen molar-refractivity contribution in [1.82, 2.24) is 15.1 Å². The van der Waals surface area contributed by atoms with E-state index in [1.165, 1.54) is 16.9 Å². The summed E-state index contributed by atoms with van der Waals surface area (Å²) in [6.45, 7) is 0.882. The van der Waals surface area contributed by atoms with E-state index in [1.54, 1.807) is 36.3 Å². The van der Waals surface area contributed by atoms with Crippen molar-refractivity contribution in [2.75, 3.05) is 25.1 Å². The first-order valence-electron chi connectivity index (χ1n) is 8.33. The highest BCUT2D eigenvalue weighted by Gasteiger charge is 2.35. The molecule has 26 heavy (non-hydrogen) atoms. The van der Waals surface area contributed by atoms with Crippen LogP contribution in [0.25, 0.3) is 0 Å². The molecule has 0 aliphatic carbocycles. The van der Waals surface area contributed by atoms with Crippen LogP contribution in [0.3, 0.4) is 0 Å². The van der Waals surface area contributed by atoms with Crippen LogP contribution in [-0.4, -0.2) is 41.8 Å². The molecule has 3 rings (SSSR count). The fraction of sp³-hybridized carbons (Fsp3) is 0.333. The standard InChI is InChI=1S/C18H20N4O4/c1-26-15-5-2-4-14(11-15)21-12-13(10-17(21)24)18(25)19-8-9-22-16(23)6-3-7-20-22/h2-7,11,13H,8-10,12H2,1H3,(H,19,25)/t13-/m0/s1. The van der Waals surface area contributed by atoms with Crippen molar-refractivity contribution in [2.45, 2.75) is 13.0 Å². The fourth-order valence-electron chi connectivity index (χ4n) is 2.90. The van der Waals surface area contributed by atoms with Gasteiger partial charge in [0.05, 0.1) is 19.6 Å². The second kappa shape index (κ2) is 7.81. The van der Waals surface area contributed by atoms with E-state index in [-0.39, 0.29) is 36.9 Å². The van der Waals surface area contributed by atoms with Gasteiger partial charge in [0, 0.05) is 43.5 Å². The fourth-order valence-corrected chi connectivity index (χ4v) is 2.90. The summed E-state index contributed by atoms with van der Waals surface area (Å²) in [6, 6.07) is 10.2. The molecule has 1 aliphatic heterocycles. The molecule has 0 unspecified atom stereocenters. The summed E-state index contributed by atoms with van der Waals surface area (Å²) in [6.07, 6.45) is 1.68. The first-order chi connectivity index (χ1) is 12.6.